The Kier molecular flexibility index (Phi) is 18.5. The van der Waals surface area contributed by atoms with Gasteiger partial charge in [0.1, 0.15) is 31.1 Å². The molecule has 0 amide bonds. The van der Waals surface area contributed by atoms with E-state index in [0.29, 0.717) is 147 Å². The number of rotatable bonds is 21. The number of fused-ring (bicyclic) bond motifs is 5. The highest BCUT2D eigenvalue weighted by atomic mass is 32.2. The zero-order valence-electron chi connectivity index (χ0n) is 48.7. The fraction of sp³-hybridized carbons (Fsp3) is 0.576. The summed E-state index contributed by atoms with van der Waals surface area (Å²) in [4.78, 5) is 84.0. The number of carbonyl (C=O) groups excluding carboxylic acids is 3. The summed E-state index contributed by atoms with van der Waals surface area (Å²) in [6, 6.07) is -1.91. The second-order valence-corrected chi connectivity index (χ2v) is 28.7. The molecule has 5 aromatic rings. The van der Waals surface area contributed by atoms with Gasteiger partial charge in [-0.1, -0.05) is 11.6 Å². The maximum Gasteiger partial charge on any atom is 0.329 e. The van der Waals surface area contributed by atoms with Gasteiger partial charge < -0.3 is 39.8 Å². The molecule has 5 aromatic carbocycles. The van der Waals surface area contributed by atoms with E-state index in [-0.39, 0.29) is 100 Å². The standard InChI is InChI=1S/C59H74N6O17S4/c1-31-25-35-36(26-33-5-7-34(79-3)8-6-33)53(69)49-45-42(35)46-47-44(43(45)37(27-66)56-51(49)60-39(29-83-56)58(71)81-21-17-62-9-13-64(14-10-62)19-23-85(73,74)75)38(28-67)57-52(50(47)54(70)55(80-4)48(46)41(31)32(2)68)61-40(30-84-57)59(72)82-22-18-63-11-15-65(16-12-63)20-24-86(76,77)78/h25,33-34,39-41,60-61,66-67H,5-24,26-30H2,1-4H3,(H,73,74,75)(H,76,77,78). The van der Waals surface area contributed by atoms with E-state index in [1.54, 1.807) is 7.11 Å². The molecule has 23 nitrogen and oxygen atoms in total. The molecule has 466 valence electrons. The number of methoxy groups -OCH3 is 2. The lowest BCUT2D eigenvalue weighted by molar-refractivity contribution is -0.145. The highest BCUT2D eigenvalue weighted by molar-refractivity contribution is 8.00. The number of ketones is 1. The molecule has 2 aliphatic carbocycles. The van der Waals surface area contributed by atoms with Gasteiger partial charge >= 0.3 is 11.9 Å². The number of benzene rings is 5. The van der Waals surface area contributed by atoms with Gasteiger partial charge in [0.05, 0.1) is 66.0 Å². The lowest BCUT2D eigenvalue weighted by atomic mass is 9.77. The van der Waals surface area contributed by atoms with E-state index < -0.39 is 68.8 Å². The van der Waals surface area contributed by atoms with Crippen LogP contribution in [0.2, 0.25) is 0 Å². The van der Waals surface area contributed by atoms with Crippen molar-refractivity contribution < 1.29 is 69.5 Å². The number of thioether (sulfide) groups is 2. The highest BCUT2D eigenvalue weighted by Gasteiger charge is 2.42. The van der Waals surface area contributed by atoms with Crippen LogP contribution in [0.1, 0.15) is 73.3 Å². The van der Waals surface area contributed by atoms with Gasteiger partial charge in [-0.3, -0.25) is 43.1 Å². The Morgan fingerprint density at radius 1 is 0.616 bits per heavy atom. The quantitative estimate of drug-likeness (QED) is 0.0265. The number of esters is 2. The van der Waals surface area contributed by atoms with E-state index >= 15 is 9.59 Å². The van der Waals surface area contributed by atoms with Gasteiger partial charge in [-0.25, -0.2) is 9.59 Å². The minimum Gasteiger partial charge on any atom is -0.492 e. The molecule has 1 saturated carbocycles. The maximum absolute atomic E-state index is 16.2. The molecule has 3 atom stereocenters. The van der Waals surface area contributed by atoms with Crippen LogP contribution in [0.3, 0.4) is 0 Å². The maximum atomic E-state index is 16.2. The summed E-state index contributed by atoms with van der Waals surface area (Å²) in [5, 5.41) is 33.6. The number of carbonyl (C=O) groups is 3. The van der Waals surface area contributed by atoms with Crippen LogP contribution in [0, 0.1) is 5.92 Å². The largest absolute Gasteiger partial charge is 0.492 e. The molecule has 6 aliphatic rings. The van der Waals surface area contributed by atoms with E-state index in [0.717, 1.165) is 25.7 Å². The van der Waals surface area contributed by atoms with Crippen LogP contribution in [0.5, 0.6) is 5.75 Å². The summed E-state index contributed by atoms with van der Waals surface area (Å²) in [6.07, 6.45) is 5.44. The number of piperazine rings is 2. The Hall–Kier alpha value is -5.01. The van der Waals surface area contributed by atoms with Gasteiger partial charge in [0.2, 0.25) is 5.43 Å². The zero-order chi connectivity index (χ0) is 61.1. The van der Waals surface area contributed by atoms with Gasteiger partial charge in [0.15, 0.2) is 11.2 Å². The molecule has 3 fully saturated rings. The second-order valence-electron chi connectivity index (χ2n) is 23.5. The van der Waals surface area contributed by atoms with Gasteiger partial charge in [-0.2, -0.15) is 16.8 Å². The molecule has 11 rings (SSSR count). The van der Waals surface area contributed by atoms with Crippen LogP contribution in [-0.4, -0.2) is 221 Å². The minimum absolute atomic E-state index is 0.0454. The Labute approximate surface area is 506 Å². The number of hydrogen-bond donors (Lipinski definition) is 6. The second kappa shape index (κ2) is 25.5. The number of hydrogen-bond acceptors (Lipinski definition) is 23. The number of anilines is 2. The number of ether oxygens (including phenoxy) is 4. The van der Waals surface area contributed by atoms with Crippen molar-refractivity contribution in [3.8, 4) is 5.75 Å². The number of nitrogens with zero attached hydrogens (tertiary/aromatic N) is 4. The van der Waals surface area contributed by atoms with Crippen molar-refractivity contribution in [2.45, 2.75) is 93.1 Å². The summed E-state index contributed by atoms with van der Waals surface area (Å²) >= 11 is 2.54. The monoisotopic (exact) mass is 1270 g/mol. The van der Waals surface area contributed by atoms with Gasteiger partial charge in [-0.05, 0) is 79.0 Å². The molecule has 0 spiro atoms. The van der Waals surface area contributed by atoms with Gasteiger partial charge in [0, 0.05) is 140 Å². The van der Waals surface area contributed by atoms with Crippen LogP contribution in [-0.2, 0) is 68.5 Å². The Bertz CT molecular complexity index is 3880. The summed E-state index contributed by atoms with van der Waals surface area (Å²) in [5.41, 5.74) is 2.40. The predicted molar refractivity (Wildman–Crippen MR) is 330 cm³/mol. The first kappa shape index (κ1) is 62.6. The first-order chi connectivity index (χ1) is 41.1. The Morgan fingerprint density at radius 3 is 1.50 bits per heavy atom. The molecule has 2 saturated heterocycles. The third-order valence-electron chi connectivity index (χ3n) is 18.4. The van der Waals surface area contributed by atoms with Crippen LogP contribution >= 0.6 is 23.5 Å². The smallest absolute Gasteiger partial charge is 0.329 e. The fourth-order valence-corrected chi connectivity index (χ4v) is 17.4. The predicted octanol–water partition coefficient (Wildman–Crippen LogP) is 3.60. The van der Waals surface area contributed by atoms with Crippen molar-refractivity contribution in [3.05, 3.63) is 53.8 Å². The third-order valence-corrected chi connectivity index (χ3v) is 22.2. The molecule has 6 N–H and O–H groups in total. The molecule has 4 heterocycles. The summed E-state index contributed by atoms with van der Waals surface area (Å²) in [7, 11) is -5.11. The van der Waals surface area contributed by atoms with Crippen molar-refractivity contribution in [2.24, 2.45) is 5.92 Å². The summed E-state index contributed by atoms with van der Waals surface area (Å²) < 4.78 is 87.6. The van der Waals surface area contributed by atoms with E-state index in [1.165, 1.54) is 37.6 Å². The van der Waals surface area contributed by atoms with Crippen molar-refractivity contribution in [2.75, 3.05) is 140 Å². The molecular weight excluding hydrogens is 1190 g/mol. The topological polar surface area (TPSA) is 308 Å². The average Bonchev–Trinajstić information content (AvgIpc) is 1.01. The van der Waals surface area contributed by atoms with Crippen LogP contribution in [0.4, 0.5) is 11.4 Å². The first-order valence-electron chi connectivity index (χ1n) is 29.3. The number of aliphatic hydroxyl groups is 2. The third kappa shape index (κ3) is 12.1. The summed E-state index contributed by atoms with van der Waals surface area (Å²) in [6.45, 7) is 8.13. The average molecular weight is 1270 g/mol. The lowest BCUT2D eigenvalue weighted by Gasteiger charge is -2.35. The molecule has 0 radical (unpaired) electrons. The zero-order valence-corrected chi connectivity index (χ0v) is 51.9. The molecule has 0 bridgehead atoms. The van der Waals surface area contributed by atoms with Gasteiger partial charge in [-0.15, -0.1) is 23.5 Å². The first-order valence-corrected chi connectivity index (χ1v) is 34.5. The van der Waals surface area contributed by atoms with E-state index in [1.807, 2.05) is 22.8 Å². The molecule has 27 heteroatoms. The number of allylic oxidation sites excluding steroid dienone is 1. The minimum atomic E-state index is -4.09. The van der Waals surface area contributed by atoms with Crippen LogP contribution in [0.25, 0.3) is 49.2 Å². The normalized spacial score (nSPS) is 22.6. The molecular formula is C59H74N6O17S4. The molecule has 86 heavy (non-hydrogen) atoms. The van der Waals surface area contributed by atoms with Gasteiger partial charge in [0.25, 0.3) is 20.2 Å². The molecule has 4 aliphatic heterocycles. The number of Topliss-reactive ketones (excluding diaryl/α,β-unsaturated/α-hetero) is 1. The van der Waals surface area contributed by atoms with Crippen molar-refractivity contribution >= 4 is 122 Å². The van der Waals surface area contributed by atoms with E-state index in [4.69, 9.17) is 18.9 Å². The van der Waals surface area contributed by atoms with Crippen molar-refractivity contribution in [3.63, 3.8) is 0 Å². The van der Waals surface area contributed by atoms with E-state index in [2.05, 4.69) is 20.4 Å². The SMILES string of the molecule is COc1c2c3c4c(c(CC5CCC(OC)CC5)c(=O)c5c6c(c(CO)c(c7c(CO)c8c(c(c1=O)c73)NC(C(=O)OCCN1CCN(CCS(=O)(=O)O)CC1)CS8)c54)SCC(C(=O)OCCN1CCN(CCS(=O)(=O)O)CC1)N6)C=C(C)C2C(C)=O. The van der Waals surface area contributed by atoms with Crippen LogP contribution in [0.15, 0.2) is 25.0 Å². The summed E-state index contributed by atoms with van der Waals surface area (Å²) in [5.74, 6) is -2.94. The number of nitrogens with one attached hydrogen (secondary N) is 2. The van der Waals surface area contributed by atoms with E-state index in [9.17, 15) is 50.5 Å². The Morgan fingerprint density at radius 2 is 1.07 bits per heavy atom. The molecule has 0 aromatic heterocycles. The van der Waals surface area contributed by atoms with Crippen LogP contribution < -0.4 is 26.2 Å². The highest BCUT2D eigenvalue weighted by Crippen LogP contribution is 2.58. The number of aliphatic hydroxyl groups excluding tert-OH is 2. The van der Waals surface area contributed by atoms with Crippen molar-refractivity contribution in [1.29, 1.82) is 0 Å². The Balaban J connectivity index is 1.03. The fourth-order valence-electron chi connectivity index (χ4n) is 14.0. The van der Waals surface area contributed by atoms with Crippen molar-refractivity contribution in [1.82, 2.24) is 19.6 Å². The lowest BCUT2D eigenvalue weighted by Crippen LogP contribution is -2.48. The molecule has 3 unspecified atom stereocenters.